The lowest BCUT2D eigenvalue weighted by atomic mass is 9.85. The number of benzene rings is 2. The molecule has 1 amide bonds. The van der Waals surface area contributed by atoms with Crippen molar-refractivity contribution in [2.75, 3.05) is 19.6 Å². The number of morpholine rings is 1. The van der Waals surface area contributed by atoms with Crippen LogP contribution in [0.1, 0.15) is 37.9 Å². The third-order valence-electron chi connectivity index (χ3n) is 5.72. The van der Waals surface area contributed by atoms with E-state index in [2.05, 4.69) is 79.4 Å². The lowest BCUT2D eigenvalue weighted by molar-refractivity contribution is -0.221. The maximum Gasteiger partial charge on any atom is 0.251 e. The molecule has 2 aliphatic heterocycles. The summed E-state index contributed by atoms with van der Waals surface area (Å²) in [6.07, 6.45) is -0.366. The van der Waals surface area contributed by atoms with Crippen LogP contribution in [-0.2, 0) is 9.53 Å². The summed E-state index contributed by atoms with van der Waals surface area (Å²) in [6, 6.07) is 21.7. The minimum absolute atomic E-state index is 0.108. The Morgan fingerprint density at radius 2 is 1.44 bits per heavy atom. The summed E-state index contributed by atoms with van der Waals surface area (Å²) < 4.78 is 6.22. The van der Waals surface area contributed by atoms with Crippen LogP contribution in [0.3, 0.4) is 0 Å². The van der Waals surface area contributed by atoms with Gasteiger partial charge in [-0.15, -0.1) is 0 Å². The Morgan fingerprint density at radius 1 is 0.926 bits per heavy atom. The molecular formula is C23H28N2O2. The summed E-state index contributed by atoms with van der Waals surface area (Å²) >= 11 is 0. The Labute approximate surface area is 161 Å². The van der Waals surface area contributed by atoms with Gasteiger partial charge in [-0.25, -0.2) is 0 Å². The minimum atomic E-state index is -0.366. The molecule has 142 valence electrons. The summed E-state index contributed by atoms with van der Waals surface area (Å²) in [7, 11) is 0. The van der Waals surface area contributed by atoms with E-state index in [4.69, 9.17) is 4.74 Å². The zero-order valence-electron chi connectivity index (χ0n) is 16.3. The van der Waals surface area contributed by atoms with E-state index >= 15 is 0 Å². The molecule has 1 atom stereocenters. The van der Waals surface area contributed by atoms with Gasteiger partial charge in [0.15, 0.2) is 0 Å². The molecule has 2 fully saturated rings. The quantitative estimate of drug-likeness (QED) is 0.833. The predicted molar refractivity (Wildman–Crippen MR) is 106 cm³/mol. The van der Waals surface area contributed by atoms with Crippen molar-refractivity contribution >= 4 is 5.91 Å². The van der Waals surface area contributed by atoms with Crippen molar-refractivity contribution in [2.24, 2.45) is 0 Å². The number of nitrogens with zero attached hydrogens (tertiary/aromatic N) is 2. The molecule has 0 unspecified atom stereocenters. The van der Waals surface area contributed by atoms with Gasteiger partial charge in [-0.3, -0.25) is 9.69 Å². The van der Waals surface area contributed by atoms with Crippen LogP contribution in [0.25, 0.3) is 0 Å². The molecule has 0 saturated carbocycles. The molecular weight excluding hydrogens is 336 g/mol. The lowest BCUT2D eigenvalue weighted by Gasteiger charge is -2.57. The maximum atomic E-state index is 12.4. The van der Waals surface area contributed by atoms with Gasteiger partial charge in [0.25, 0.3) is 5.91 Å². The van der Waals surface area contributed by atoms with Gasteiger partial charge in [0.1, 0.15) is 11.7 Å². The molecule has 1 spiro atoms. The first kappa shape index (κ1) is 18.2. The smallest absolute Gasteiger partial charge is 0.251 e. The molecule has 0 N–H and O–H groups in total. The molecule has 0 radical (unpaired) electrons. The zero-order valence-corrected chi connectivity index (χ0v) is 16.3. The normalized spacial score (nSPS) is 22.5. The largest absolute Gasteiger partial charge is 0.358 e. The van der Waals surface area contributed by atoms with Crippen molar-refractivity contribution < 1.29 is 9.53 Å². The average Bonchev–Trinajstić information content (AvgIpc) is 2.65. The second-order valence-corrected chi connectivity index (χ2v) is 8.13. The van der Waals surface area contributed by atoms with Gasteiger partial charge in [-0.1, -0.05) is 60.7 Å². The first-order valence-corrected chi connectivity index (χ1v) is 9.81. The molecule has 27 heavy (non-hydrogen) atoms. The van der Waals surface area contributed by atoms with Gasteiger partial charge in [0.05, 0.1) is 12.6 Å². The highest BCUT2D eigenvalue weighted by Gasteiger charge is 2.53. The molecule has 4 rings (SSSR count). The van der Waals surface area contributed by atoms with Crippen LogP contribution in [0.15, 0.2) is 60.7 Å². The van der Waals surface area contributed by atoms with E-state index in [9.17, 15) is 4.79 Å². The van der Waals surface area contributed by atoms with Crippen LogP contribution >= 0.6 is 0 Å². The van der Waals surface area contributed by atoms with Crippen LogP contribution in [0.2, 0.25) is 0 Å². The molecule has 2 aromatic rings. The Kier molecular flexibility index (Phi) is 4.79. The van der Waals surface area contributed by atoms with Gasteiger partial charge in [0.2, 0.25) is 0 Å². The first-order chi connectivity index (χ1) is 13.0. The third-order valence-corrected chi connectivity index (χ3v) is 5.72. The molecule has 4 heteroatoms. The monoisotopic (exact) mass is 364 g/mol. The van der Waals surface area contributed by atoms with E-state index in [-0.39, 0.29) is 29.7 Å². The van der Waals surface area contributed by atoms with Gasteiger partial charge in [-0.2, -0.15) is 0 Å². The fourth-order valence-corrected chi connectivity index (χ4v) is 4.46. The van der Waals surface area contributed by atoms with Crippen molar-refractivity contribution in [3.63, 3.8) is 0 Å². The van der Waals surface area contributed by atoms with E-state index < -0.39 is 0 Å². The molecule has 4 nitrogen and oxygen atoms in total. The SMILES string of the molecule is CC(C)N1CC2(CN(C(c3ccccc3)c3ccccc3)C2)O[C@H](C)C1=O. The fraction of sp³-hybridized carbons (Fsp3) is 0.435. The van der Waals surface area contributed by atoms with Gasteiger partial charge in [0, 0.05) is 19.1 Å². The average molecular weight is 364 g/mol. The molecule has 2 aromatic carbocycles. The van der Waals surface area contributed by atoms with E-state index in [1.165, 1.54) is 11.1 Å². The summed E-state index contributed by atoms with van der Waals surface area (Å²) in [4.78, 5) is 16.9. The number of amides is 1. The predicted octanol–water partition coefficient (Wildman–Crippen LogP) is 3.49. The molecule has 0 aliphatic carbocycles. The van der Waals surface area contributed by atoms with Crippen molar-refractivity contribution in [3.05, 3.63) is 71.8 Å². The Balaban J connectivity index is 1.58. The standard InChI is InChI=1S/C23H28N2O2/c1-17(2)25-16-23(27-18(3)22(25)26)14-24(15-23)21(19-10-6-4-7-11-19)20-12-8-5-9-13-20/h4-13,17-18,21H,14-16H2,1-3H3/t18-/m1/s1. The van der Waals surface area contributed by atoms with E-state index in [1.54, 1.807) is 0 Å². The Morgan fingerprint density at radius 3 is 1.93 bits per heavy atom. The van der Waals surface area contributed by atoms with Crippen LogP contribution in [0, 0.1) is 0 Å². The molecule has 0 aromatic heterocycles. The van der Waals surface area contributed by atoms with Gasteiger partial charge < -0.3 is 9.64 Å². The summed E-state index contributed by atoms with van der Waals surface area (Å²) in [5.74, 6) is 0.108. The highest BCUT2D eigenvalue weighted by molar-refractivity contribution is 5.81. The van der Waals surface area contributed by atoms with Crippen LogP contribution in [0.4, 0.5) is 0 Å². The number of likely N-dealkylation sites (tertiary alicyclic amines) is 1. The van der Waals surface area contributed by atoms with Crippen molar-refractivity contribution in [2.45, 2.75) is 44.6 Å². The number of hydrogen-bond acceptors (Lipinski definition) is 3. The second kappa shape index (κ2) is 7.10. The van der Waals surface area contributed by atoms with E-state index in [0.717, 1.165) is 13.1 Å². The van der Waals surface area contributed by atoms with Crippen LogP contribution in [0.5, 0.6) is 0 Å². The van der Waals surface area contributed by atoms with Gasteiger partial charge in [-0.05, 0) is 31.9 Å². The number of carbonyl (C=O) groups is 1. The van der Waals surface area contributed by atoms with Crippen LogP contribution < -0.4 is 0 Å². The Hall–Kier alpha value is -2.17. The third kappa shape index (κ3) is 3.40. The summed E-state index contributed by atoms with van der Waals surface area (Å²) in [5, 5.41) is 0. The Bertz CT molecular complexity index is 745. The molecule has 2 aliphatic rings. The first-order valence-electron chi connectivity index (χ1n) is 9.81. The topological polar surface area (TPSA) is 32.8 Å². The van der Waals surface area contributed by atoms with Crippen molar-refractivity contribution in [3.8, 4) is 0 Å². The number of hydrogen-bond donors (Lipinski definition) is 0. The van der Waals surface area contributed by atoms with E-state index in [0.29, 0.717) is 6.54 Å². The van der Waals surface area contributed by atoms with Crippen molar-refractivity contribution in [1.29, 1.82) is 0 Å². The van der Waals surface area contributed by atoms with Crippen LogP contribution in [-0.4, -0.2) is 53.1 Å². The summed E-state index contributed by atoms with van der Waals surface area (Å²) in [5.41, 5.74) is 2.33. The summed E-state index contributed by atoms with van der Waals surface area (Å²) in [6.45, 7) is 8.39. The maximum absolute atomic E-state index is 12.4. The number of carbonyl (C=O) groups excluding carboxylic acids is 1. The minimum Gasteiger partial charge on any atom is -0.358 e. The highest BCUT2D eigenvalue weighted by Crippen LogP contribution is 2.40. The van der Waals surface area contributed by atoms with E-state index in [1.807, 2.05) is 11.8 Å². The molecule has 0 bridgehead atoms. The van der Waals surface area contributed by atoms with Crippen molar-refractivity contribution in [1.82, 2.24) is 9.80 Å². The number of ether oxygens (including phenoxy) is 1. The molecule has 2 saturated heterocycles. The highest BCUT2D eigenvalue weighted by atomic mass is 16.5. The zero-order chi connectivity index (χ0) is 19.0. The second-order valence-electron chi connectivity index (χ2n) is 8.13. The number of rotatable bonds is 4. The van der Waals surface area contributed by atoms with Gasteiger partial charge >= 0.3 is 0 Å². The fourth-order valence-electron chi connectivity index (χ4n) is 4.46. The lowest BCUT2D eigenvalue weighted by Crippen LogP contribution is -2.73. The molecule has 2 heterocycles.